The first-order chi connectivity index (χ1) is 11.3. The summed E-state index contributed by atoms with van der Waals surface area (Å²) in [5.41, 5.74) is 4.07. The molecule has 0 radical (unpaired) electrons. The minimum atomic E-state index is -3.56. The highest BCUT2D eigenvalue weighted by Gasteiger charge is 2.21. The molecule has 24 heavy (non-hydrogen) atoms. The Balaban J connectivity index is 1.72. The molecule has 0 bridgehead atoms. The Labute approximate surface area is 141 Å². The Hall–Kier alpha value is -2.19. The molecule has 0 aliphatic heterocycles. The first kappa shape index (κ1) is 16.7. The molecule has 0 fully saturated rings. The molecule has 7 nitrogen and oxygen atoms in total. The van der Waals surface area contributed by atoms with E-state index in [1.54, 1.807) is 13.8 Å². The number of aryl methyl sites for hydroxylation is 4. The Morgan fingerprint density at radius 3 is 2.67 bits per heavy atom. The van der Waals surface area contributed by atoms with E-state index in [9.17, 15) is 8.42 Å². The van der Waals surface area contributed by atoms with E-state index in [2.05, 4.69) is 19.9 Å². The quantitative estimate of drug-likeness (QED) is 0.735. The Kier molecular flexibility index (Phi) is 4.18. The molecule has 0 spiro atoms. The molecule has 0 atom stereocenters. The molecule has 1 aromatic carbocycles. The fraction of sp³-hybridized carbons (Fsp3) is 0.375. The van der Waals surface area contributed by atoms with Gasteiger partial charge in [-0.1, -0.05) is 6.07 Å². The third kappa shape index (κ3) is 2.94. The maximum Gasteiger partial charge on any atom is 0.244 e. The molecular weight excluding hydrogens is 326 g/mol. The van der Waals surface area contributed by atoms with Gasteiger partial charge in [-0.15, -0.1) is 0 Å². The molecule has 0 amide bonds. The first-order valence-electron chi connectivity index (χ1n) is 7.73. The van der Waals surface area contributed by atoms with Crippen LogP contribution in [0.3, 0.4) is 0 Å². The summed E-state index contributed by atoms with van der Waals surface area (Å²) < 4.78 is 29.5. The Morgan fingerprint density at radius 2 is 2.00 bits per heavy atom. The van der Waals surface area contributed by atoms with Crippen LogP contribution >= 0.6 is 0 Å². The van der Waals surface area contributed by atoms with Gasteiger partial charge in [0, 0.05) is 13.6 Å². The van der Waals surface area contributed by atoms with Gasteiger partial charge in [0.05, 0.1) is 22.4 Å². The van der Waals surface area contributed by atoms with Crippen LogP contribution in [0.1, 0.15) is 22.8 Å². The Morgan fingerprint density at radius 1 is 1.25 bits per heavy atom. The van der Waals surface area contributed by atoms with Gasteiger partial charge in [0.1, 0.15) is 10.7 Å². The van der Waals surface area contributed by atoms with Crippen molar-refractivity contribution < 1.29 is 8.42 Å². The monoisotopic (exact) mass is 347 g/mol. The van der Waals surface area contributed by atoms with Crippen LogP contribution in [0, 0.1) is 20.8 Å². The van der Waals surface area contributed by atoms with Gasteiger partial charge in [0.15, 0.2) is 0 Å². The third-order valence-electron chi connectivity index (χ3n) is 4.20. The number of hydrogen-bond donors (Lipinski definition) is 2. The highest BCUT2D eigenvalue weighted by Crippen LogP contribution is 2.18. The van der Waals surface area contributed by atoms with E-state index < -0.39 is 10.0 Å². The average Bonchev–Trinajstić information content (AvgIpc) is 2.99. The zero-order valence-electron chi connectivity index (χ0n) is 14.2. The number of imidazole rings is 1. The van der Waals surface area contributed by atoms with Crippen molar-refractivity contribution in [2.45, 2.75) is 32.1 Å². The number of aromatic amines is 1. The molecule has 0 aliphatic rings. The summed E-state index contributed by atoms with van der Waals surface area (Å²) >= 11 is 0. The summed E-state index contributed by atoms with van der Waals surface area (Å²) in [5.74, 6) is 0.953. The highest BCUT2D eigenvalue weighted by atomic mass is 32.2. The van der Waals surface area contributed by atoms with Crippen LogP contribution in [0.4, 0.5) is 0 Å². The molecule has 2 aromatic heterocycles. The molecule has 2 N–H and O–H groups in total. The number of sulfonamides is 1. The lowest BCUT2D eigenvalue weighted by atomic mass is 10.1. The number of fused-ring (bicyclic) bond motifs is 1. The molecule has 3 aromatic rings. The van der Waals surface area contributed by atoms with Crippen LogP contribution in [-0.4, -0.2) is 34.7 Å². The van der Waals surface area contributed by atoms with Crippen molar-refractivity contribution in [2.24, 2.45) is 7.05 Å². The number of rotatable bonds is 5. The molecule has 0 aliphatic carbocycles. The number of H-pyrrole nitrogens is 1. The molecule has 0 saturated heterocycles. The van der Waals surface area contributed by atoms with Gasteiger partial charge in [-0.2, -0.15) is 5.10 Å². The molecule has 128 valence electrons. The SMILES string of the molecule is Cc1n[nH]c(C)c1S(=O)(=O)NCCc1ccc2c(c1)nc(C)n2C. The minimum absolute atomic E-state index is 0.235. The van der Waals surface area contributed by atoms with E-state index in [0.29, 0.717) is 24.4 Å². The molecule has 8 heteroatoms. The smallest absolute Gasteiger partial charge is 0.244 e. The maximum atomic E-state index is 12.4. The van der Waals surface area contributed by atoms with Gasteiger partial charge < -0.3 is 4.57 Å². The van der Waals surface area contributed by atoms with Crippen LogP contribution in [0.2, 0.25) is 0 Å². The van der Waals surface area contributed by atoms with Crippen LogP contribution < -0.4 is 4.72 Å². The van der Waals surface area contributed by atoms with Gasteiger partial charge in [-0.25, -0.2) is 18.1 Å². The second-order valence-electron chi connectivity index (χ2n) is 5.95. The zero-order valence-corrected chi connectivity index (χ0v) is 15.0. The molecule has 2 heterocycles. The fourth-order valence-corrected chi connectivity index (χ4v) is 4.26. The van der Waals surface area contributed by atoms with Crippen molar-refractivity contribution in [3.8, 4) is 0 Å². The normalized spacial score (nSPS) is 12.2. The van der Waals surface area contributed by atoms with E-state index in [-0.39, 0.29) is 4.90 Å². The summed E-state index contributed by atoms with van der Waals surface area (Å²) in [5, 5.41) is 6.64. The standard InChI is InChI=1S/C16H21N5O2S/c1-10-16(11(2)20-19-10)24(22,23)17-8-7-13-5-6-15-14(9-13)18-12(3)21(15)4/h5-6,9,17H,7-8H2,1-4H3,(H,19,20). The average molecular weight is 347 g/mol. The van der Waals surface area contributed by atoms with Crippen LogP contribution in [0.15, 0.2) is 23.1 Å². The summed E-state index contributed by atoms with van der Waals surface area (Å²) in [6.07, 6.45) is 0.598. The first-order valence-corrected chi connectivity index (χ1v) is 9.21. The number of nitrogens with one attached hydrogen (secondary N) is 2. The van der Waals surface area contributed by atoms with Gasteiger partial charge >= 0.3 is 0 Å². The second-order valence-corrected chi connectivity index (χ2v) is 7.66. The largest absolute Gasteiger partial charge is 0.331 e. The van der Waals surface area contributed by atoms with E-state index >= 15 is 0 Å². The van der Waals surface area contributed by atoms with E-state index in [0.717, 1.165) is 22.4 Å². The summed E-state index contributed by atoms with van der Waals surface area (Å²) in [4.78, 5) is 4.74. The highest BCUT2D eigenvalue weighted by molar-refractivity contribution is 7.89. The lowest BCUT2D eigenvalue weighted by Crippen LogP contribution is -2.26. The van der Waals surface area contributed by atoms with E-state index in [4.69, 9.17) is 0 Å². The third-order valence-corrected chi connectivity index (χ3v) is 5.93. The topological polar surface area (TPSA) is 92.7 Å². The number of hydrogen-bond acceptors (Lipinski definition) is 4. The van der Waals surface area contributed by atoms with Gasteiger partial charge in [0.25, 0.3) is 0 Å². The summed E-state index contributed by atoms with van der Waals surface area (Å²) in [6, 6.07) is 6.03. The van der Waals surface area contributed by atoms with Gasteiger partial charge in [0.2, 0.25) is 10.0 Å². The predicted molar refractivity (Wildman–Crippen MR) is 92.4 cm³/mol. The van der Waals surface area contributed by atoms with Crippen LogP contribution in [-0.2, 0) is 23.5 Å². The predicted octanol–water partition coefficient (Wildman–Crippen LogP) is 1.74. The van der Waals surface area contributed by atoms with E-state index in [1.807, 2.05) is 36.7 Å². The molecule has 0 saturated carbocycles. The zero-order chi connectivity index (χ0) is 17.5. The second kappa shape index (κ2) is 6.03. The molecular formula is C16H21N5O2S. The van der Waals surface area contributed by atoms with Crippen molar-refractivity contribution in [1.29, 1.82) is 0 Å². The number of aromatic nitrogens is 4. The van der Waals surface area contributed by atoms with E-state index in [1.165, 1.54) is 0 Å². The van der Waals surface area contributed by atoms with Gasteiger partial charge in [-0.3, -0.25) is 5.10 Å². The van der Waals surface area contributed by atoms with Crippen molar-refractivity contribution in [1.82, 2.24) is 24.5 Å². The maximum absolute atomic E-state index is 12.4. The van der Waals surface area contributed by atoms with Crippen LogP contribution in [0.25, 0.3) is 11.0 Å². The molecule has 0 unspecified atom stereocenters. The molecule has 3 rings (SSSR count). The van der Waals surface area contributed by atoms with Crippen molar-refractivity contribution >= 4 is 21.1 Å². The minimum Gasteiger partial charge on any atom is -0.331 e. The summed E-state index contributed by atoms with van der Waals surface area (Å²) in [7, 11) is -1.58. The lowest BCUT2D eigenvalue weighted by Gasteiger charge is -2.07. The van der Waals surface area contributed by atoms with Crippen molar-refractivity contribution in [3.63, 3.8) is 0 Å². The fourth-order valence-electron chi connectivity index (χ4n) is 2.86. The van der Waals surface area contributed by atoms with Crippen molar-refractivity contribution in [3.05, 3.63) is 41.0 Å². The number of benzene rings is 1. The van der Waals surface area contributed by atoms with Crippen molar-refractivity contribution in [2.75, 3.05) is 6.54 Å². The summed E-state index contributed by atoms with van der Waals surface area (Å²) in [6.45, 7) is 5.66. The van der Waals surface area contributed by atoms with Crippen LogP contribution in [0.5, 0.6) is 0 Å². The Bertz CT molecular complexity index is 982. The number of nitrogens with zero attached hydrogens (tertiary/aromatic N) is 3. The lowest BCUT2D eigenvalue weighted by molar-refractivity contribution is 0.580. The van der Waals surface area contributed by atoms with Gasteiger partial charge in [-0.05, 0) is 44.9 Å².